The molecule has 0 fully saturated rings. The third kappa shape index (κ3) is 3.55. The molecule has 22 heavy (non-hydrogen) atoms. The predicted molar refractivity (Wildman–Crippen MR) is 85.2 cm³/mol. The van der Waals surface area contributed by atoms with E-state index in [4.69, 9.17) is 9.47 Å². The zero-order chi connectivity index (χ0) is 15.9. The molecule has 0 bridgehead atoms. The molecular formula is C17H20N2O3. The molecule has 1 aromatic carbocycles. The second-order valence-electron chi connectivity index (χ2n) is 4.64. The Morgan fingerprint density at radius 1 is 1.14 bits per heavy atom. The average Bonchev–Trinajstić information content (AvgIpc) is 2.56. The van der Waals surface area contributed by atoms with E-state index in [1.165, 1.54) is 0 Å². The summed E-state index contributed by atoms with van der Waals surface area (Å²) in [5, 5.41) is 0. The Bertz CT molecular complexity index is 622. The first kappa shape index (κ1) is 15.8. The van der Waals surface area contributed by atoms with Gasteiger partial charge in [0.2, 0.25) is 0 Å². The third-order valence-corrected chi connectivity index (χ3v) is 3.40. The fourth-order valence-electron chi connectivity index (χ4n) is 2.11. The van der Waals surface area contributed by atoms with E-state index >= 15 is 0 Å². The molecular weight excluding hydrogens is 280 g/mol. The second-order valence-corrected chi connectivity index (χ2v) is 4.64. The maximum atomic E-state index is 12.1. The first-order chi connectivity index (χ1) is 10.7. The number of methoxy groups -OCH3 is 1. The molecule has 116 valence electrons. The van der Waals surface area contributed by atoms with Crippen LogP contribution in [0.2, 0.25) is 0 Å². The minimum atomic E-state index is -0.368. The zero-order valence-corrected chi connectivity index (χ0v) is 13.1. The number of benzene rings is 1. The molecule has 0 radical (unpaired) electrons. The van der Waals surface area contributed by atoms with Crippen molar-refractivity contribution in [1.82, 2.24) is 9.88 Å². The van der Waals surface area contributed by atoms with Crippen LogP contribution in [0.3, 0.4) is 0 Å². The van der Waals surface area contributed by atoms with E-state index in [2.05, 4.69) is 4.98 Å². The topological polar surface area (TPSA) is 51.7 Å². The minimum Gasteiger partial charge on any atom is -0.497 e. The Hall–Kier alpha value is -2.56. The van der Waals surface area contributed by atoms with Gasteiger partial charge in [0.1, 0.15) is 5.75 Å². The molecule has 0 saturated carbocycles. The van der Waals surface area contributed by atoms with Crippen molar-refractivity contribution in [1.29, 1.82) is 0 Å². The lowest BCUT2D eigenvalue weighted by atomic mass is 10.1. The van der Waals surface area contributed by atoms with Crippen LogP contribution in [0, 0.1) is 0 Å². The molecule has 0 aliphatic rings. The summed E-state index contributed by atoms with van der Waals surface area (Å²) < 4.78 is 10.6. The van der Waals surface area contributed by atoms with Gasteiger partial charge in [-0.05, 0) is 37.6 Å². The van der Waals surface area contributed by atoms with Gasteiger partial charge in [-0.3, -0.25) is 4.98 Å². The number of carbonyl (C=O) groups excluding carboxylic acids is 1. The largest absolute Gasteiger partial charge is 0.497 e. The first-order valence-corrected chi connectivity index (χ1v) is 7.24. The quantitative estimate of drug-likeness (QED) is 0.846. The Morgan fingerprint density at radius 3 is 2.41 bits per heavy atom. The van der Waals surface area contributed by atoms with Crippen molar-refractivity contribution in [3.8, 4) is 22.6 Å². The van der Waals surface area contributed by atoms with Crippen molar-refractivity contribution in [2.24, 2.45) is 0 Å². The summed E-state index contributed by atoms with van der Waals surface area (Å²) in [7, 11) is 1.62. The molecule has 2 rings (SSSR count). The molecule has 0 aliphatic heterocycles. The van der Waals surface area contributed by atoms with Crippen LogP contribution in [0.1, 0.15) is 13.8 Å². The molecule has 0 spiro atoms. The van der Waals surface area contributed by atoms with Gasteiger partial charge in [-0.15, -0.1) is 0 Å². The number of carbonyl (C=O) groups is 1. The van der Waals surface area contributed by atoms with Gasteiger partial charge >= 0.3 is 6.09 Å². The van der Waals surface area contributed by atoms with Crippen molar-refractivity contribution in [3.05, 3.63) is 42.7 Å². The molecule has 0 atom stereocenters. The predicted octanol–water partition coefficient (Wildman–Crippen LogP) is 3.60. The molecule has 0 unspecified atom stereocenters. The maximum Gasteiger partial charge on any atom is 0.415 e. The average molecular weight is 300 g/mol. The van der Waals surface area contributed by atoms with Gasteiger partial charge in [-0.25, -0.2) is 4.79 Å². The molecule has 1 amide bonds. The van der Waals surface area contributed by atoms with E-state index in [1.807, 2.05) is 44.2 Å². The smallest absolute Gasteiger partial charge is 0.415 e. The standard InChI is InChI=1S/C17H20N2O3/c1-4-19(5-2)17(20)22-16-12-18-11-10-15(16)13-6-8-14(21-3)9-7-13/h6-12H,4-5H2,1-3H3. The molecule has 2 aromatic rings. The Labute approximate surface area is 130 Å². The summed E-state index contributed by atoms with van der Waals surface area (Å²) in [6.45, 7) is 5.04. The summed E-state index contributed by atoms with van der Waals surface area (Å²) in [4.78, 5) is 17.8. The molecule has 0 aliphatic carbocycles. The molecule has 1 heterocycles. The van der Waals surface area contributed by atoms with Crippen LogP contribution >= 0.6 is 0 Å². The fourth-order valence-corrected chi connectivity index (χ4v) is 2.11. The van der Waals surface area contributed by atoms with Gasteiger partial charge in [-0.2, -0.15) is 0 Å². The Balaban J connectivity index is 2.28. The van der Waals surface area contributed by atoms with Crippen molar-refractivity contribution < 1.29 is 14.3 Å². The van der Waals surface area contributed by atoms with Crippen molar-refractivity contribution in [2.75, 3.05) is 20.2 Å². The number of hydrogen-bond acceptors (Lipinski definition) is 4. The SMILES string of the molecule is CCN(CC)C(=O)Oc1cnccc1-c1ccc(OC)cc1. The van der Waals surface area contributed by atoms with Crippen molar-refractivity contribution >= 4 is 6.09 Å². The number of nitrogens with zero attached hydrogens (tertiary/aromatic N) is 2. The number of rotatable bonds is 5. The molecule has 5 heteroatoms. The van der Waals surface area contributed by atoms with E-state index in [0.29, 0.717) is 18.8 Å². The molecule has 5 nitrogen and oxygen atoms in total. The summed E-state index contributed by atoms with van der Waals surface area (Å²) in [5.41, 5.74) is 1.75. The number of pyridine rings is 1. The number of ether oxygens (including phenoxy) is 2. The number of aromatic nitrogens is 1. The van der Waals surface area contributed by atoms with E-state index in [0.717, 1.165) is 16.9 Å². The van der Waals surface area contributed by atoms with Crippen LogP contribution in [0.4, 0.5) is 4.79 Å². The van der Waals surface area contributed by atoms with Crippen LogP contribution in [0.25, 0.3) is 11.1 Å². The van der Waals surface area contributed by atoms with Gasteiger partial charge in [0.05, 0.1) is 13.3 Å². The van der Waals surface area contributed by atoms with E-state index in [9.17, 15) is 4.79 Å². The minimum absolute atomic E-state index is 0.368. The summed E-state index contributed by atoms with van der Waals surface area (Å²) in [6.07, 6.45) is 2.86. The summed E-state index contributed by atoms with van der Waals surface area (Å²) in [5.74, 6) is 1.23. The van der Waals surface area contributed by atoms with Crippen LogP contribution in [0.15, 0.2) is 42.7 Å². The first-order valence-electron chi connectivity index (χ1n) is 7.24. The van der Waals surface area contributed by atoms with E-state index in [-0.39, 0.29) is 6.09 Å². The highest BCUT2D eigenvalue weighted by atomic mass is 16.6. The van der Waals surface area contributed by atoms with Crippen molar-refractivity contribution in [2.45, 2.75) is 13.8 Å². The van der Waals surface area contributed by atoms with Gasteiger partial charge in [0.25, 0.3) is 0 Å². The van der Waals surface area contributed by atoms with Crippen LogP contribution in [0.5, 0.6) is 11.5 Å². The van der Waals surface area contributed by atoms with E-state index in [1.54, 1.807) is 24.4 Å². The van der Waals surface area contributed by atoms with Crippen LogP contribution < -0.4 is 9.47 Å². The lowest BCUT2D eigenvalue weighted by Crippen LogP contribution is -2.33. The zero-order valence-electron chi connectivity index (χ0n) is 13.1. The summed E-state index contributed by atoms with van der Waals surface area (Å²) in [6, 6.07) is 9.40. The van der Waals surface area contributed by atoms with Gasteiger partial charge in [0.15, 0.2) is 5.75 Å². The highest BCUT2D eigenvalue weighted by Crippen LogP contribution is 2.30. The lowest BCUT2D eigenvalue weighted by molar-refractivity contribution is 0.157. The maximum absolute atomic E-state index is 12.1. The van der Waals surface area contributed by atoms with Crippen LogP contribution in [-0.2, 0) is 0 Å². The van der Waals surface area contributed by atoms with Crippen LogP contribution in [-0.4, -0.2) is 36.2 Å². The highest BCUT2D eigenvalue weighted by Gasteiger charge is 2.15. The molecule has 0 saturated heterocycles. The normalized spacial score (nSPS) is 10.1. The second kappa shape index (κ2) is 7.45. The van der Waals surface area contributed by atoms with Crippen molar-refractivity contribution in [3.63, 3.8) is 0 Å². The molecule has 0 N–H and O–H groups in total. The Kier molecular flexibility index (Phi) is 5.36. The van der Waals surface area contributed by atoms with Gasteiger partial charge < -0.3 is 14.4 Å². The monoisotopic (exact) mass is 300 g/mol. The van der Waals surface area contributed by atoms with Gasteiger partial charge in [0, 0.05) is 24.8 Å². The number of amides is 1. The van der Waals surface area contributed by atoms with Gasteiger partial charge in [-0.1, -0.05) is 12.1 Å². The summed E-state index contributed by atoms with van der Waals surface area (Å²) >= 11 is 0. The van der Waals surface area contributed by atoms with E-state index < -0.39 is 0 Å². The highest BCUT2D eigenvalue weighted by molar-refractivity contribution is 5.76. The number of hydrogen-bond donors (Lipinski definition) is 0. The molecule has 1 aromatic heterocycles. The Morgan fingerprint density at radius 2 is 1.82 bits per heavy atom. The fraction of sp³-hybridized carbons (Fsp3) is 0.294. The lowest BCUT2D eigenvalue weighted by Gasteiger charge is -2.19. The third-order valence-electron chi connectivity index (χ3n) is 3.40.